The molecule has 1 heterocycles. The molecule has 4 nitrogen and oxygen atoms in total. The van der Waals surface area contributed by atoms with Crippen LogP contribution < -0.4 is 5.32 Å². The Bertz CT molecular complexity index is 332. The Morgan fingerprint density at radius 3 is 2.73 bits per heavy atom. The van der Waals surface area contributed by atoms with Gasteiger partial charge in [0.2, 0.25) is 0 Å². The van der Waals surface area contributed by atoms with Crippen LogP contribution in [-0.4, -0.2) is 22.1 Å². The molecule has 2 N–H and O–H groups in total. The molecule has 0 aromatic carbocycles. The zero-order chi connectivity index (χ0) is 11.4. The van der Waals surface area contributed by atoms with Crippen LogP contribution in [0.4, 0.5) is 0 Å². The van der Waals surface area contributed by atoms with Gasteiger partial charge in [0.1, 0.15) is 0 Å². The first kappa shape index (κ1) is 11.8. The van der Waals surface area contributed by atoms with Gasteiger partial charge >= 0.3 is 0 Å². The lowest BCUT2D eigenvalue weighted by Gasteiger charge is -2.19. The maximum Gasteiger partial charge on any atom is 0.254 e. The zero-order valence-corrected chi connectivity index (χ0v) is 9.79. The lowest BCUT2D eigenvalue weighted by atomic mass is 10.0. The first-order chi connectivity index (χ1) is 7.06. The molecule has 1 aromatic heterocycles. The van der Waals surface area contributed by atoms with Crippen molar-refractivity contribution < 1.29 is 4.79 Å². The van der Waals surface area contributed by atoms with Crippen LogP contribution in [0.25, 0.3) is 0 Å². The molecule has 84 valence electrons. The number of hydrogen-bond donors (Lipinski definition) is 2. The summed E-state index contributed by atoms with van der Waals surface area (Å²) in [6.07, 6.45) is 2.62. The molecule has 1 rings (SSSR count). The molecule has 15 heavy (non-hydrogen) atoms. The number of nitrogens with zero attached hydrogens (tertiary/aromatic N) is 1. The minimum Gasteiger partial charge on any atom is -0.349 e. The van der Waals surface area contributed by atoms with E-state index in [4.69, 9.17) is 0 Å². The smallest absolute Gasteiger partial charge is 0.254 e. The van der Waals surface area contributed by atoms with Gasteiger partial charge in [-0.15, -0.1) is 0 Å². The van der Waals surface area contributed by atoms with E-state index in [1.807, 2.05) is 13.8 Å². The van der Waals surface area contributed by atoms with Crippen molar-refractivity contribution in [3.63, 3.8) is 0 Å². The predicted octanol–water partition coefficient (Wildman–Crippen LogP) is 1.88. The minimum absolute atomic E-state index is 0.0472. The summed E-state index contributed by atoms with van der Waals surface area (Å²) >= 11 is 0. The average Bonchev–Trinajstić information content (AvgIpc) is 2.63. The van der Waals surface area contributed by atoms with Gasteiger partial charge in [-0.25, -0.2) is 0 Å². The predicted molar refractivity (Wildman–Crippen MR) is 59.7 cm³/mol. The monoisotopic (exact) mass is 209 g/mol. The van der Waals surface area contributed by atoms with E-state index in [-0.39, 0.29) is 11.9 Å². The van der Waals surface area contributed by atoms with Gasteiger partial charge in [-0.05, 0) is 19.8 Å². The van der Waals surface area contributed by atoms with Crippen LogP contribution in [0.1, 0.15) is 43.2 Å². The number of H-pyrrole nitrogens is 1. The highest BCUT2D eigenvalue weighted by Crippen LogP contribution is 2.09. The Hall–Kier alpha value is -1.32. The fraction of sp³-hybridized carbons (Fsp3) is 0.636. The molecule has 0 saturated heterocycles. The molecule has 0 radical (unpaired) electrons. The van der Waals surface area contributed by atoms with Gasteiger partial charge in [0.05, 0.1) is 11.8 Å². The summed E-state index contributed by atoms with van der Waals surface area (Å²) in [5.74, 6) is 0.440. The second-order valence-electron chi connectivity index (χ2n) is 4.06. The molecule has 0 aliphatic rings. The number of amides is 1. The third-order valence-corrected chi connectivity index (χ3v) is 2.93. The Balaban J connectivity index is 2.60. The van der Waals surface area contributed by atoms with Crippen LogP contribution in [0.15, 0.2) is 6.20 Å². The summed E-state index contributed by atoms with van der Waals surface area (Å²) in [4.78, 5) is 11.8. The average molecular weight is 209 g/mol. The van der Waals surface area contributed by atoms with E-state index in [9.17, 15) is 4.79 Å². The molecular formula is C11H19N3O. The van der Waals surface area contributed by atoms with Crippen LogP contribution in [0.3, 0.4) is 0 Å². The maximum atomic E-state index is 11.8. The number of carbonyl (C=O) groups excluding carboxylic acids is 1. The van der Waals surface area contributed by atoms with Crippen LogP contribution in [0.2, 0.25) is 0 Å². The Morgan fingerprint density at radius 2 is 2.27 bits per heavy atom. The second kappa shape index (κ2) is 4.96. The molecule has 2 atom stereocenters. The summed E-state index contributed by atoms with van der Waals surface area (Å²) in [5.41, 5.74) is 1.44. The van der Waals surface area contributed by atoms with Gasteiger partial charge in [0, 0.05) is 11.7 Å². The van der Waals surface area contributed by atoms with E-state index in [0.717, 1.165) is 12.1 Å². The van der Waals surface area contributed by atoms with E-state index in [1.165, 1.54) is 0 Å². The number of aromatic amines is 1. The molecule has 2 unspecified atom stereocenters. The quantitative estimate of drug-likeness (QED) is 0.795. The standard InChI is InChI=1S/C11H19N3O/c1-5-7(2)8(3)13-11(15)10-6-12-14-9(10)4/h6-8H,5H2,1-4H3,(H,12,14)(H,13,15). The van der Waals surface area contributed by atoms with Crippen molar-refractivity contribution in [1.82, 2.24) is 15.5 Å². The third-order valence-electron chi connectivity index (χ3n) is 2.93. The van der Waals surface area contributed by atoms with E-state index in [2.05, 4.69) is 29.4 Å². The molecule has 1 amide bonds. The summed E-state index contributed by atoms with van der Waals surface area (Å²) in [6.45, 7) is 8.13. The Labute approximate surface area is 90.5 Å². The van der Waals surface area contributed by atoms with Gasteiger partial charge in [0.15, 0.2) is 0 Å². The molecule has 0 aliphatic carbocycles. The normalized spacial score (nSPS) is 14.7. The van der Waals surface area contributed by atoms with Crippen molar-refractivity contribution in [2.75, 3.05) is 0 Å². The number of rotatable bonds is 4. The number of aryl methyl sites for hydroxylation is 1. The summed E-state index contributed by atoms with van der Waals surface area (Å²) in [7, 11) is 0. The summed E-state index contributed by atoms with van der Waals surface area (Å²) in [5, 5.41) is 9.56. The minimum atomic E-state index is -0.0472. The molecule has 0 saturated carbocycles. The van der Waals surface area contributed by atoms with Crippen molar-refractivity contribution in [2.45, 2.75) is 40.2 Å². The summed E-state index contributed by atoms with van der Waals surface area (Å²) in [6, 6.07) is 0.191. The fourth-order valence-corrected chi connectivity index (χ4v) is 1.36. The van der Waals surface area contributed by atoms with Gasteiger partial charge < -0.3 is 5.32 Å². The lowest BCUT2D eigenvalue weighted by molar-refractivity contribution is 0.0927. The number of nitrogens with one attached hydrogen (secondary N) is 2. The van der Waals surface area contributed by atoms with Crippen molar-refractivity contribution >= 4 is 5.91 Å². The molecule has 0 aliphatic heterocycles. The van der Waals surface area contributed by atoms with Crippen molar-refractivity contribution in [3.8, 4) is 0 Å². The maximum absolute atomic E-state index is 11.8. The zero-order valence-electron chi connectivity index (χ0n) is 9.79. The van der Waals surface area contributed by atoms with Gasteiger partial charge in [-0.2, -0.15) is 5.10 Å². The van der Waals surface area contributed by atoms with Crippen molar-refractivity contribution in [3.05, 3.63) is 17.5 Å². The molecule has 0 spiro atoms. The highest BCUT2D eigenvalue weighted by atomic mass is 16.1. The van der Waals surface area contributed by atoms with E-state index in [1.54, 1.807) is 6.20 Å². The van der Waals surface area contributed by atoms with Crippen LogP contribution in [0, 0.1) is 12.8 Å². The molecule has 0 bridgehead atoms. The fourth-order valence-electron chi connectivity index (χ4n) is 1.36. The Morgan fingerprint density at radius 1 is 1.60 bits per heavy atom. The highest BCUT2D eigenvalue weighted by Gasteiger charge is 2.16. The number of hydrogen-bond acceptors (Lipinski definition) is 2. The van der Waals surface area contributed by atoms with Crippen molar-refractivity contribution in [1.29, 1.82) is 0 Å². The first-order valence-electron chi connectivity index (χ1n) is 5.37. The van der Waals surface area contributed by atoms with Crippen molar-refractivity contribution in [2.24, 2.45) is 5.92 Å². The lowest BCUT2D eigenvalue weighted by Crippen LogP contribution is -2.37. The van der Waals surface area contributed by atoms with Gasteiger partial charge in [0.25, 0.3) is 5.91 Å². The van der Waals surface area contributed by atoms with E-state index < -0.39 is 0 Å². The Kier molecular flexibility index (Phi) is 3.88. The molecule has 1 aromatic rings. The van der Waals surface area contributed by atoms with Crippen LogP contribution in [0.5, 0.6) is 0 Å². The second-order valence-corrected chi connectivity index (χ2v) is 4.06. The topological polar surface area (TPSA) is 57.8 Å². The molecule has 4 heteroatoms. The van der Waals surface area contributed by atoms with Gasteiger partial charge in [-0.1, -0.05) is 20.3 Å². The van der Waals surface area contributed by atoms with Crippen LogP contribution >= 0.6 is 0 Å². The first-order valence-corrected chi connectivity index (χ1v) is 5.37. The number of carbonyl (C=O) groups is 1. The van der Waals surface area contributed by atoms with Gasteiger partial charge in [-0.3, -0.25) is 9.89 Å². The van der Waals surface area contributed by atoms with E-state index >= 15 is 0 Å². The number of aromatic nitrogens is 2. The molecule has 0 fully saturated rings. The van der Waals surface area contributed by atoms with Crippen LogP contribution in [-0.2, 0) is 0 Å². The van der Waals surface area contributed by atoms with E-state index in [0.29, 0.717) is 11.5 Å². The SMILES string of the molecule is CCC(C)C(C)NC(=O)c1cn[nH]c1C. The molecular weight excluding hydrogens is 190 g/mol. The largest absolute Gasteiger partial charge is 0.349 e. The third kappa shape index (κ3) is 2.81. The highest BCUT2D eigenvalue weighted by molar-refractivity contribution is 5.95. The summed E-state index contributed by atoms with van der Waals surface area (Å²) < 4.78 is 0.